The first-order valence-electron chi connectivity index (χ1n) is 6.39. The zero-order valence-corrected chi connectivity index (χ0v) is 14.2. The van der Waals surface area contributed by atoms with Gasteiger partial charge in [0.25, 0.3) is 0 Å². The highest BCUT2D eigenvalue weighted by molar-refractivity contribution is 14.1. The Morgan fingerprint density at radius 3 is 2.79 bits per heavy atom. The zero-order chi connectivity index (χ0) is 13.4. The second-order valence-electron chi connectivity index (χ2n) is 4.45. The molecule has 3 nitrogen and oxygen atoms in total. The summed E-state index contributed by atoms with van der Waals surface area (Å²) in [4.78, 5) is 11.9. The van der Waals surface area contributed by atoms with Gasteiger partial charge >= 0.3 is 0 Å². The standard InChI is InChI=1S/C14H21IN2O.ClH/c1-2-3-7-13(10-16)17-14(18)9-11-5-4-6-12(15)8-11;/h4-6,8,13H,2-3,7,9-10,16H2,1H3,(H,17,18);1H. The smallest absolute Gasteiger partial charge is 0.224 e. The van der Waals surface area contributed by atoms with Crippen LogP contribution >= 0.6 is 35.0 Å². The van der Waals surface area contributed by atoms with Crippen LogP contribution in [0.15, 0.2) is 24.3 Å². The molecule has 0 aliphatic carbocycles. The van der Waals surface area contributed by atoms with E-state index in [-0.39, 0.29) is 24.4 Å². The van der Waals surface area contributed by atoms with Crippen molar-refractivity contribution in [3.63, 3.8) is 0 Å². The van der Waals surface area contributed by atoms with E-state index in [4.69, 9.17) is 5.73 Å². The fourth-order valence-corrected chi connectivity index (χ4v) is 2.42. The van der Waals surface area contributed by atoms with Crippen LogP contribution in [0.2, 0.25) is 0 Å². The van der Waals surface area contributed by atoms with Gasteiger partial charge in [-0.2, -0.15) is 0 Å². The molecule has 1 aromatic rings. The average Bonchev–Trinajstić information content (AvgIpc) is 2.34. The van der Waals surface area contributed by atoms with Gasteiger partial charge in [0.15, 0.2) is 0 Å². The lowest BCUT2D eigenvalue weighted by molar-refractivity contribution is -0.121. The third kappa shape index (κ3) is 7.74. The number of hydrogen-bond acceptors (Lipinski definition) is 2. The first kappa shape index (κ1) is 18.7. The quantitative estimate of drug-likeness (QED) is 0.696. The van der Waals surface area contributed by atoms with Crippen LogP contribution in [0.25, 0.3) is 0 Å². The molecule has 0 bridgehead atoms. The van der Waals surface area contributed by atoms with Crippen molar-refractivity contribution in [2.45, 2.75) is 38.6 Å². The van der Waals surface area contributed by atoms with Crippen LogP contribution in [0.5, 0.6) is 0 Å². The normalized spacial score (nSPS) is 11.5. The number of nitrogens with one attached hydrogen (secondary N) is 1. The highest BCUT2D eigenvalue weighted by Crippen LogP contribution is 2.08. The molecule has 5 heteroatoms. The predicted octanol–water partition coefficient (Wildman–Crippen LogP) is 2.89. The van der Waals surface area contributed by atoms with Gasteiger partial charge in [0.2, 0.25) is 5.91 Å². The van der Waals surface area contributed by atoms with Crippen LogP contribution in [-0.2, 0) is 11.2 Å². The number of carbonyl (C=O) groups is 1. The number of amides is 1. The Kier molecular flexibility index (Phi) is 10.3. The van der Waals surface area contributed by atoms with Gasteiger partial charge in [-0.15, -0.1) is 12.4 Å². The SMILES string of the molecule is CCCCC(CN)NC(=O)Cc1cccc(I)c1.Cl. The number of hydrogen-bond donors (Lipinski definition) is 2. The molecule has 19 heavy (non-hydrogen) atoms. The summed E-state index contributed by atoms with van der Waals surface area (Å²) in [6, 6.07) is 8.11. The van der Waals surface area contributed by atoms with Crippen molar-refractivity contribution in [3.05, 3.63) is 33.4 Å². The lowest BCUT2D eigenvalue weighted by atomic mass is 10.1. The van der Waals surface area contributed by atoms with Crippen molar-refractivity contribution in [2.24, 2.45) is 5.73 Å². The Hall–Kier alpha value is -0.330. The van der Waals surface area contributed by atoms with Gasteiger partial charge < -0.3 is 11.1 Å². The molecule has 3 N–H and O–H groups in total. The molecule has 0 aliphatic heterocycles. The Labute approximate surface area is 135 Å². The number of halogens is 2. The summed E-state index contributed by atoms with van der Waals surface area (Å²) in [5.74, 6) is 0.0588. The summed E-state index contributed by atoms with van der Waals surface area (Å²) < 4.78 is 1.15. The van der Waals surface area contributed by atoms with Crippen molar-refractivity contribution in [1.29, 1.82) is 0 Å². The molecular weight excluding hydrogens is 375 g/mol. The van der Waals surface area contributed by atoms with Gasteiger partial charge in [0, 0.05) is 16.2 Å². The van der Waals surface area contributed by atoms with Gasteiger partial charge in [0.05, 0.1) is 6.42 Å². The number of benzene rings is 1. The average molecular weight is 397 g/mol. The van der Waals surface area contributed by atoms with Crippen molar-refractivity contribution in [2.75, 3.05) is 6.54 Å². The molecule has 1 amide bonds. The molecule has 0 saturated heterocycles. The van der Waals surface area contributed by atoms with Gasteiger partial charge in [-0.3, -0.25) is 4.79 Å². The van der Waals surface area contributed by atoms with Crippen molar-refractivity contribution in [1.82, 2.24) is 5.32 Å². The summed E-state index contributed by atoms with van der Waals surface area (Å²) in [5.41, 5.74) is 6.71. The van der Waals surface area contributed by atoms with E-state index < -0.39 is 0 Å². The Bertz CT molecular complexity index is 387. The number of carbonyl (C=O) groups excluding carboxylic acids is 1. The predicted molar refractivity (Wildman–Crippen MR) is 90.6 cm³/mol. The number of rotatable bonds is 7. The summed E-state index contributed by atoms with van der Waals surface area (Å²) in [5, 5.41) is 3.00. The molecule has 1 atom stereocenters. The van der Waals surface area contributed by atoms with Crippen molar-refractivity contribution in [3.8, 4) is 0 Å². The monoisotopic (exact) mass is 396 g/mol. The summed E-state index contributed by atoms with van der Waals surface area (Å²) in [6.07, 6.45) is 3.62. The maximum absolute atomic E-state index is 11.9. The molecule has 108 valence electrons. The number of unbranched alkanes of at least 4 members (excludes halogenated alkanes) is 1. The Morgan fingerprint density at radius 1 is 1.47 bits per heavy atom. The van der Waals surface area contributed by atoms with E-state index in [0.29, 0.717) is 13.0 Å². The fourth-order valence-electron chi connectivity index (χ4n) is 1.81. The van der Waals surface area contributed by atoms with Crippen LogP contribution in [0.3, 0.4) is 0 Å². The number of nitrogens with two attached hydrogens (primary N) is 1. The highest BCUT2D eigenvalue weighted by Gasteiger charge is 2.10. The topological polar surface area (TPSA) is 55.1 Å². The van der Waals surface area contributed by atoms with Gasteiger partial charge in [-0.25, -0.2) is 0 Å². The van der Waals surface area contributed by atoms with Crippen molar-refractivity contribution < 1.29 is 4.79 Å². The third-order valence-corrected chi connectivity index (χ3v) is 3.48. The maximum atomic E-state index is 11.9. The molecule has 0 aromatic heterocycles. The first-order valence-corrected chi connectivity index (χ1v) is 7.47. The van der Waals surface area contributed by atoms with Crippen molar-refractivity contribution >= 4 is 40.9 Å². The van der Waals surface area contributed by atoms with Gasteiger partial charge in [-0.05, 0) is 46.7 Å². The molecule has 0 aliphatic rings. The van der Waals surface area contributed by atoms with Crippen LogP contribution in [0, 0.1) is 3.57 Å². The van der Waals surface area contributed by atoms with E-state index in [9.17, 15) is 4.79 Å². The van der Waals surface area contributed by atoms with Gasteiger partial charge in [0.1, 0.15) is 0 Å². The minimum atomic E-state index is 0. The summed E-state index contributed by atoms with van der Waals surface area (Å²) >= 11 is 2.25. The maximum Gasteiger partial charge on any atom is 0.224 e. The molecule has 0 spiro atoms. The van der Waals surface area contributed by atoms with Crippen LogP contribution < -0.4 is 11.1 Å². The van der Waals surface area contributed by atoms with Crippen LogP contribution in [-0.4, -0.2) is 18.5 Å². The molecular formula is C14H22ClIN2O. The summed E-state index contributed by atoms with van der Waals surface area (Å²) in [6.45, 7) is 2.65. The van der Waals surface area contributed by atoms with E-state index in [2.05, 4.69) is 34.8 Å². The molecule has 0 fully saturated rings. The lowest BCUT2D eigenvalue weighted by Gasteiger charge is -2.16. The van der Waals surface area contributed by atoms with E-state index in [1.54, 1.807) is 0 Å². The summed E-state index contributed by atoms with van der Waals surface area (Å²) in [7, 11) is 0. The van der Waals surface area contributed by atoms with E-state index in [0.717, 1.165) is 28.4 Å². The third-order valence-electron chi connectivity index (χ3n) is 2.81. The van der Waals surface area contributed by atoms with Gasteiger partial charge in [-0.1, -0.05) is 31.9 Å². The first-order chi connectivity index (χ1) is 8.65. The van der Waals surface area contributed by atoms with E-state index >= 15 is 0 Å². The molecule has 0 heterocycles. The minimum Gasteiger partial charge on any atom is -0.352 e. The lowest BCUT2D eigenvalue weighted by Crippen LogP contribution is -2.40. The van der Waals surface area contributed by atoms with E-state index in [1.807, 2.05) is 24.3 Å². The minimum absolute atomic E-state index is 0. The molecule has 0 radical (unpaired) electrons. The van der Waals surface area contributed by atoms with Crippen LogP contribution in [0.4, 0.5) is 0 Å². The molecule has 0 saturated carbocycles. The largest absolute Gasteiger partial charge is 0.352 e. The Balaban J connectivity index is 0.00000324. The second kappa shape index (κ2) is 10.5. The molecule has 1 rings (SSSR count). The molecule has 1 aromatic carbocycles. The second-order valence-corrected chi connectivity index (χ2v) is 5.69. The zero-order valence-electron chi connectivity index (χ0n) is 11.2. The highest BCUT2D eigenvalue weighted by atomic mass is 127. The van der Waals surface area contributed by atoms with Crippen LogP contribution in [0.1, 0.15) is 31.7 Å². The Morgan fingerprint density at radius 2 is 2.21 bits per heavy atom. The fraction of sp³-hybridized carbons (Fsp3) is 0.500. The van der Waals surface area contributed by atoms with E-state index in [1.165, 1.54) is 0 Å². The molecule has 1 unspecified atom stereocenters.